The molecule has 0 radical (unpaired) electrons. The number of aliphatic carboxylic acids is 1. The summed E-state index contributed by atoms with van der Waals surface area (Å²) < 4.78 is 27.1. The van der Waals surface area contributed by atoms with Crippen molar-refractivity contribution in [1.29, 1.82) is 0 Å². The van der Waals surface area contributed by atoms with E-state index < -0.39 is 27.2 Å². The zero-order valence-electron chi connectivity index (χ0n) is 12.8. The van der Waals surface area contributed by atoms with E-state index in [-0.39, 0.29) is 6.42 Å². The summed E-state index contributed by atoms with van der Waals surface area (Å²) >= 11 is 1.63. The van der Waals surface area contributed by atoms with Gasteiger partial charge in [0.05, 0.1) is 11.2 Å². The number of sulfonamides is 1. The molecule has 2 unspecified atom stereocenters. The predicted octanol–water partition coefficient (Wildman–Crippen LogP) is 2.59. The van der Waals surface area contributed by atoms with Crippen molar-refractivity contribution in [2.45, 2.75) is 44.3 Å². The number of carboxylic acids is 1. The van der Waals surface area contributed by atoms with E-state index in [9.17, 15) is 13.2 Å². The minimum Gasteiger partial charge on any atom is -0.481 e. The van der Waals surface area contributed by atoms with Crippen LogP contribution in [0.3, 0.4) is 0 Å². The minimum absolute atomic E-state index is 0.247. The van der Waals surface area contributed by atoms with Gasteiger partial charge >= 0.3 is 5.97 Å². The number of hydrogen-bond acceptors (Lipinski definition) is 4. The second kappa shape index (κ2) is 7.57. The van der Waals surface area contributed by atoms with Crippen molar-refractivity contribution in [3.8, 4) is 0 Å². The Hall–Kier alpha value is -0.920. The average Bonchev–Trinajstić information content (AvgIpc) is 3.14. The Morgan fingerprint density at radius 2 is 2.18 bits per heavy atom. The van der Waals surface area contributed by atoms with Gasteiger partial charge in [0.1, 0.15) is 0 Å². The maximum absolute atomic E-state index is 12.8. The number of hydrogen-bond donors (Lipinski definition) is 1. The molecule has 1 saturated carbocycles. The van der Waals surface area contributed by atoms with Crippen LogP contribution in [-0.2, 0) is 21.2 Å². The number of carboxylic acid groups (broad SMARTS) is 1. The molecule has 1 heterocycles. The summed E-state index contributed by atoms with van der Waals surface area (Å²) in [6.45, 7) is 2.94. The summed E-state index contributed by atoms with van der Waals surface area (Å²) in [7, 11) is -3.41. The van der Waals surface area contributed by atoms with Gasteiger partial charge in [0.15, 0.2) is 0 Å². The smallest absolute Gasteiger partial charge is 0.306 e. The first-order valence-electron chi connectivity index (χ1n) is 7.69. The molecule has 7 heteroatoms. The van der Waals surface area contributed by atoms with Crippen molar-refractivity contribution in [2.24, 2.45) is 5.92 Å². The van der Waals surface area contributed by atoms with Gasteiger partial charge in [-0.25, -0.2) is 12.7 Å². The van der Waals surface area contributed by atoms with Crippen LogP contribution in [-0.4, -0.2) is 42.1 Å². The highest BCUT2D eigenvalue weighted by atomic mass is 32.2. The summed E-state index contributed by atoms with van der Waals surface area (Å²) in [5.74, 6) is -1.39. The van der Waals surface area contributed by atoms with Gasteiger partial charge in [-0.3, -0.25) is 4.79 Å². The Balaban J connectivity index is 2.04. The molecule has 1 aliphatic carbocycles. The fraction of sp³-hybridized carbons (Fsp3) is 0.667. The second-order valence-corrected chi connectivity index (χ2v) is 8.99. The van der Waals surface area contributed by atoms with Gasteiger partial charge in [-0.05, 0) is 43.6 Å². The molecule has 0 bridgehead atoms. The molecule has 2 rings (SSSR count). The summed E-state index contributed by atoms with van der Waals surface area (Å²) in [5, 5.41) is 10.5. The molecule has 1 fully saturated rings. The third-order valence-corrected chi connectivity index (χ3v) is 7.47. The first kappa shape index (κ1) is 17.4. The van der Waals surface area contributed by atoms with Crippen molar-refractivity contribution in [3.05, 3.63) is 22.4 Å². The lowest BCUT2D eigenvalue weighted by Gasteiger charge is -2.25. The van der Waals surface area contributed by atoms with E-state index in [1.54, 1.807) is 15.6 Å². The average molecular weight is 345 g/mol. The van der Waals surface area contributed by atoms with Crippen LogP contribution in [0.5, 0.6) is 0 Å². The molecule has 1 aliphatic rings. The van der Waals surface area contributed by atoms with Crippen LogP contribution >= 0.6 is 11.3 Å². The number of nitrogens with zero attached hydrogens (tertiary/aromatic N) is 1. The van der Waals surface area contributed by atoms with Gasteiger partial charge in [-0.15, -0.1) is 11.3 Å². The fourth-order valence-corrected chi connectivity index (χ4v) is 5.76. The van der Waals surface area contributed by atoms with Crippen molar-refractivity contribution in [2.75, 3.05) is 13.1 Å². The Labute approximate surface area is 136 Å². The predicted molar refractivity (Wildman–Crippen MR) is 87.6 cm³/mol. The molecule has 1 aromatic rings. The minimum atomic E-state index is -3.41. The monoisotopic (exact) mass is 345 g/mol. The van der Waals surface area contributed by atoms with E-state index in [0.717, 1.165) is 6.42 Å². The maximum Gasteiger partial charge on any atom is 0.306 e. The Bertz CT molecular complexity index is 583. The topological polar surface area (TPSA) is 74.7 Å². The molecule has 1 N–H and O–H groups in total. The molecule has 0 spiro atoms. The molecule has 0 saturated heterocycles. The first-order chi connectivity index (χ1) is 10.4. The Morgan fingerprint density at radius 3 is 2.73 bits per heavy atom. The van der Waals surface area contributed by atoms with Gasteiger partial charge in [0.25, 0.3) is 0 Å². The van der Waals surface area contributed by atoms with Gasteiger partial charge in [-0.2, -0.15) is 0 Å². The van der Waals surface area contributed by atoms with Gasteiger partial charge in [-0.1, -0.05) is 13.0 Å². The third kappa shape index (κ3) is 4.08. The SMILES string of the molecule is CCCN(CCc1cccs1)S(=O)(=O)C1CCC(C(=O)O)C1. The van der Waals surface area contributed by atoms with Gasteiger partial charge in [0.2, 0.25) is 10.0 Å². The standard InChI is InChI=1S/C15H23NO4S2/c1-2-8-16(9-7-13-4-3-10-21-13)22(19,20)14-6-5-12(11-14)15(17)18/h3-4,10,12,14H,2,5-9,11H2,1H3,(H,17,18). The zero-order chi connectivity index (χ0) is 16.2. The molecule has 2 atom stereocenters. The van der Waals surface area contributed by atoms with E-state index in [4.69, 9.17) is 5.11 Å². The summed E-state index contributed by atoms with van der Waals surface area (Å²) in [6.07, 6.45) is 2.64. The second-order valence-electron chi connectivity index (χ2n) is 5.74. The van der Waals surface area contributed by atoms with Crippen LogP contribution in [0.15, 0.2) is 17.5 Å². The van der Waals surface area contributed by atoms with Crippen molar-refractivity contribution < 1.29 is 18.3 Å². The molecule has 5 nitrogen and oxygen atoms in total. The summed E-state index contributed by atoms with van der Waals surface area (Å²) in [4.78, 5) is 12.2. The lowest BCUT2D eigenvalue weighted by molar-refractivity contribution is -0.141. The normalized spacial score (nSPS) is 22.3. The molecule has 22 heavy (non-hydrogen) atoms. The molecular formula is C15H23NO4S2. The van der Waals surface area contributed by atoms with Crippen LogP contribution in [0.1, 0.15) is 37.5 Å². The van der Waals surface area contributed by atoms with Gasteiger partial charge in [0, 0.05) is 18.0 Å². The molecule has 0 aromatic carbocycles. The van der Waals surface area contributed by atoms with E-state index in [0.29, 0.717) is 32.4 Å². The molecular weight excluding hydrogens is 322 g/mol. The van der Waals surface area contributed by atoms with Crippen molar-refractivity contribution in [1.82, 2.24) is 4.31 Å². The van der Waals surface area contributed by atoms with E-state index in [2.05, 4.69) is 0 Å². The highest BCUT2D eigenvalue weighted by Crippen LogP contribution is 2.32. The van der Waals surface area contributed by atoms with Gasteiger partial charge < -0.3 is 5.11 Å². The number of carbonyl (C=O) groups is 1. The highest BCUT2D eigenvalue weighted by Gasteiger charge is 2.40. The fourth-order valence-electron chi connectivity index (χ4n) is 2.95. The van der Waals surface area contributed by atoms with Crippen LogP contribution < -0.4 is 0 Å². The van der Waals surface area contributed by atoms with Crippen LogP contribution in [0.2, 0.25) is 0 Å². The lowest BCUT2D eigenvalue weighted by Crippen LogP contribution is -2.39. The highest BCUT2D eigenvalue weighted by molar-refractivity contribution is 7.89. The number of thiophene rings is 1. The van der Waals surface area contributed by atoms with E-state index in [1.165, 1.54) is 4.88 Å². The summed E-state index contributed by atoms with van der Waals surface area (Å²) in [5.41, 5.74) is 0. The quantitative estimate of drug-likeness (QED) is 0.786. The van der Waals surface area contributed by atoms with E-state index >= 15 is 0 Å². The lowest BCUT2D eigenvalue weighted by atomic mass is 10.1. The Kier molecular flexibility index (Phi) is 6.00. The zero-order valence-corrected chi connectivity index (χ0v) is 14.4. The number of rotatable bonds is 8. The molecule has 0 amide bonds. The molecule has 0 aliphatic heterocycles. The van der Waals surface area contributed by atoms with Crippen LogP contribution in [0.25, 0.3) is 0 Å². The molecule has 124 valence electrons. The molecule has 1 aromatic heterocycles. The van der Waals surface area contributed by atoms with Crippen molar-refractivity contribution in [3.63, 3.8) is 0 Å². The first-order valence-corrected chi connectivity index (χ1v) is 10.1. The third-order valence-electron chi connectivity index (χ3n) is 4.18. The summed E-state index contributed by atoms with van der Waals surface area (Å²) in [6, 6.07) is 3.98. The Morgan fingerprint density at radius 1 is 1.41 bits per heavy atom. The largest absolute Gasteiger partial charge is 0.481 e. The van der Waals surface area contributed by atoms with Crippen LogP contribution in [0.4, 0.5) is 0 Å². The van der Waals surface area contributed by atoms with E-state index in [1.807, 2.05) is 24.4 Å². The van der Waals surface area contributed by atoms with Crippen molar-refractivity contribution >= 4 is 27.3 Å². The maximum atomic E-state index is 12.8. The van der Waals surface area contributed by atoms with Crippen LogP contribution in [0, 0.1) is 5.92 Å².